The first-order valence-electron chi connectivity index (χ1n) is 12.2. The van der Waals surface area contributed by atoms with Crippen molar-refractivity contribution < 1.29 is 4.79 Å². The fourth-order valence-electron chi connectivity index (χ4n) is 4.38. The van der Waals surface area contributed by atoms with Crippen molar-refractivity contribution in [2.75, 3.05) is 5.32 Å². The Hall–Kier alpha value is -4.92. The molecule has 9 nitrogen and oxygen atoms in total. The van der Waals surface area contributed by atoms with Gasteiger partial charge < -0.3 is 10.3 Å². The van der Waals surface area contributed by atoms with Crippen molar-refractivity contribution in [2.24, 2.45) is 0 Å². The minimum Gasteiger partial charge on any atom is -0.353 e. The van der Waals surface area contributed by atoms with Crippen LogP contribution in [-0.4, -0.2) is 41.0 Å². The summed E-state index contributed by atoms with van der Waals surface area (Å²) in [6.07, 6.45) is 11.0. The summed E-state index contributed by atoms with van der Waals surface area (Å²) in [6.45, 7) is 2.06. The Morgan fingerprint density at radius 3 is 2.68 bits per heavy atom. The maximum Gasteiger partial charge on any atom is 0.224 e. The number of carbonyl (C=O) groups is 1. The van der Waals surface area contributed by atoms with Crippen LogP contribution in [0.4, 0.5) is 5.69 Å². The highest BCUT2D eigenvalue weighted by atomic mass is 16.1. The number of H-pyrrole nitrogens is 2. The summed E-state index contributed by atoms with van der Waals surface area (Å²) in [5, 5.41) is 12.5. The Kier molecular flexibility index (Phi) is 5.86. The smallest absolute Gasteiger partial charge is 0.224 e. The van der Waals surface area contributed by atoms with E-state index in [-0.39, 0.29) is 5.91 Å². The number of hydrogen-bond acceptors (Lipinski definition) is 6. The predicted molar refractivity (Wildman–Crippen MR) is 144 cm³/mol. The summed E-state index contributed by atoms with van der Waals surface area (Å²) in [4.78, 5) is 33.6. The molecular weight excluding hydrogens is 464 g/mol. The molecule has 0 saturated heterocycles. The number of amides is 1. The number of carbonyl (C=O) groups excluding carboxylic acids is 1. The highest BCUT2D eigenvalue weighted by molar-refractivity contribution is 6.00. The lowest BCUT2D eigenvalue weighted by atomic mass is 10.1. The van der Waals surface area contributed by atoms with Crippen LogP contribution in [-0.2, 0) is 4.79 Å². The lowest BCUT2D eigenvalue weighted by Gasteiger charge is -2.07. The van der Waals surface area contributed by atoms with Crippen molar-refractivity contribution in [1.29, 1.82) is 0 Å². The molecule has 0 radical (unpaired) electrons. The van der Waals surface area contributed by atoms with Crippen molar-refractivity contribution in [3.63, 3.8) is 0 Å². The van der Waals surface area contributed by atoms with Crippen LogP contribution in [0.5, 0.6) is 0 Å². The van der Waals surface area contributed by atoms with E-state index in [4.69, 9.17) is 0 Å². The minimum atomic E-state index is -0.0142. The number of hydrogen-bond donors (Lipinski definition) is 3. The molecule has 6 aromatic heterocycles. The van der Waals surface area contributed by atoms with E-state index in [9.17, 15) is 4.79 Å². The van der Waals surface area contributed by atoms with Gasteiger partial charge in [-0.25, -0.2) is 0 Å². The standard InChI is InChI=1S/C28H24N8O/c1-2-3-7-26(37)33-18-11-17(14-29-15-18)23-12-20-25(16-32-23)35-36-28(20)24-13-19-21(34-24)8-10-31-27(19)22-6-4-5-9-30-22/h4-6,8-16,34H,2-3,7H2,1H3,(H,33,37)(H,35,36). The zero-order valence-corrected chi connectivity index (χ0v) is 20.2. The third-order valence-electron chi connectivity index (χ3n) is 6.23. The maximum atomic E-state index is 12.2. The molecule has 6 aromatic rings. The molecule has 0 aliphatic heterocycles. The van der Waals surface area contributed by atoms with Gasteiger partial charge in [-0.15, -0.1) is 0 Å². The van der Waals surface area contributed by atoms with E-state index in [2.05, 4.69) is 53.4 Å². The largest absolute Gasteiger partial charge is 0.353 e. The molecule has 182 valence electrons. The maximum absolute atomic E-state index is 12.2. The molecule has 1 amide bonds. The number of nitrogens with one attached hydrogen (secondary N) is 3. The fraction of sp³-hybridized carbons (Fsp3) is 0.143. The van der Waals surface area contributed by atoms with E-state index < -0.39 is 0 Å². The van der Waals surface area contributed by atoms with E-state index in [1.807, 2.05) is 36.4 Å². The summed E-state index contributed by atoms with van der Waals surface area (Å²) in [5.74, 6) is -0.0142. The van der Waals surface area contributed by atoms with Crippen LogP contribution in [0.3, 0.4) is 0 Å². The van der Waals surface area contributed by atoms with E-state index in [1.54, 1.807) is 31.0 Å². The molecule has 0 fully saturated rings. The zero-order chi connectivity index (χ0) is 25.2. The minimum absolute atomic E-state index is 0.0142. The molecule has 9 heteroatoms. The van der Waals surface area contributed by atoms with Gasteiger partial charge in [0.2, 0.25) is 5.91 Å². The Bertz CT molecular complexity index is 1720. The molecule has 0 bridgehead atoms. The molecule has 0 aliphatic carbocycles. The van der Waals surface area contributed by atoms with Crippen molar-refractivity contribution in [1.82, 2.24) is 35.1 Å². The van der Waals surface area contributed by atoms with Gasteiger partial charge in [-0.2, -0.15) is 5.10 Å². The molecule has 6 rings (SSSR count). The number of aromatic nitrogens is 7. The van der Waals surface area contributed by atoms with Crippen molar-refractivity contribution >= 4 is 33.4 Å². The second-order valence-corrected chi connectivity index (χ2v) is 8.82. The summed E-state index contributed by atoms with van der Waals surface area (Å²) in [7, 11) is 0. The average molecular weight is 489 g/mol. The van der Waals surface area contributed by atoms with Crippen LogP contribution in [0.15, 0.2) is 73.4 Å². The average Bonchev–Trinajstić information content (AvgIpc) is 3.56. The van der Waals surface area contributed by atoms with Gasteiger partial charge in [0.25, 0.3) is 0 Å². The summed E-state index contributed by atoms with van der Waals surface area (Å²) in [5.41, 5.74) is 7.22. The van der Waals surface area contributed by atoms with Crippen LogP contribution in [0.25, 0.3) is 55.8 Å². The molecule has 0 saturated carbocycles. The Balaban J connectivity index is 1.37. The third-order valence-corrected chi connectivity index (χ3v) is 6.23. The van der Waals surface area contributed by atoms with E-state index in [0.717, 1.165) is 68.7 Å². The molecular formula is C28H24N8O. The fourth-order valence-corrected chi connectivity index (χ4v) is 4.38. The summed E-state index contributed by atoms with van der Waals surface area (Å²) < 4.78 is 0. The van der Waals surface area contributed by atoms with Gasteiger partial charge in [0.15, 0.2) is 0 Å². The molecule has 6 heterocycles. The molecule has 0 spiro atoms. The van der Waals surface area contributed by atoms with Crippen LogP contribution < -0.4 is 5.32 Å². The molecule has 37 heavy (non-hydrogen) atoms. The number of nitrogens with zero attached hydrogens (tertiary/aromatic N) is 5. The number of rotatable bonds is 7. The predicted octanol–water partition coefficient (Wildman–Crippen LogP) is 5.75. The molecule has 0 atom stereocenters. The molecule has 0 aliphatic rings. The number of pyridine rings is 4. The van der Waals surface area contributed by atoms with Gasteiger partial charge >= 0.3 is 0 Å². The molecule has 0 unspecified atom stereocenters. The quantitative estimate of drug-likeness (QED) is 0.263. The number of unbranched alkanes of at least 4 members (excludes halogenated alkanes) is 1. The second-order valence-electron chi connectivity index (χ2n) is 8.82. The Labute approximate surface area is 212 Å². The summed E-state index contributed by atoms with van der Waals surface area (Å²) in [6, 6.07) is 13.7. The third kappa shape index (κ3) is 4.42. The first-order chi connectivity index (χ1) is 18.2. The van der Waals surface area contributed by atoms with Gasteiger partial charge in [-0.05, 0) is 42.8 Å². The van der Waals surface area contributed by atoms with Gasteiger partial charge in [0.05, 0.1) is 46.4 Å². The first kappa shape index (κ1) is 22.5. The van der Waals surface area contributed by atoms with Gasteiger partial charge in [0.1, 0.15) is 5.69 Å². The van der Waals surface area contributed by atoms with E-state index >= 15 is 0 Å². The van der Waals surface area contributed by atoms with Gasteiger partial charge in [0, 0.05) is 46.9 Å². The molecule has 0 aromatic carbocycles. The van der Waals surface area contributed by atoms with E-state index in [1.165, 1.54) is 0 Å². The van der Waals surface area contributed by atoms with Crippen molar-refractivity contribution in [3.8, 4) is 34.0 Å². The highest BCUT2D eigenvalue weighted by Crippen LogP contribution is 2.33. The topological polar surface area (TPSA) is 125 Å². The normalized spacial score (nSPS) is 11.3. The monoisotopic (exact) mass is 488 g/mol. The van der Waals surface area contributed by atoms with Crippen LogP contribution in [0.2, 0.25) is 0 Å². The van der Waals surface area contributed by atoms with Gasteiger partial charge in [-0.1, -0.05) is 19.4 Å². The Morgan fingerprint density at radius 2 is 1.81 bits per heavy atom. The van der Waals surface area contributed by atoms with Crippen molar-refractivity contribution in [3.05, 3.63) is 73.4 Å². The first-order valence-corrected chi connectivity index (χ1v) is 12.2. The van der Waals surface area contributed by atoms with Crippen LogP contribution in [0.1, 0.15) is 26.2 Å². The molecule has 3 N–H and O–H groups in total. The highest BCUT2D eigenvalue weighted by Gasteiger charge is 2.16. The number of fused-ring (bicyclic) bond motifs is 2. The SMILES string of the molecule is CCCCC(=O)Nc1cncc(-c2cc3c(-c4cc5c(-c6ccccn6)nccc5[nH]4)n[nH]c3cn2)c1. The van der Waals surface area contributed by atoms with Crippen LogP contribution >= 0.6 is 0 Å². The van der Waals surface area contributed by atoms with Gasteiger partial charge in [-0.3, -0.25) is 29.8 Å². The summed E-state index contributed by atoms with van der Waals surface area (Å²) >= 11 is 0. The zero-order valence-electron chi connectivity index (χ0n) is 20.2. The van der Waals surface area contributed by atoms with Crippen LogP contribution in [0, 0.1) is 0 Å². The van der Waals surface area contributed by atoms with Crippen molar-refractivity contribution in [2.45, 2.75) is 26.2 Å². The lowest BCUT2D eigenvalue weighted by molar-refractivity contribution is -0.116. The van der Waals surface area contributed by atoms with E-state index in [0.29, 0.717) is 12.1 Å². The second kappa shape index (κ2) is 9.62. The number of anilines is 1. The Morgan fingerprint density at radius 1 is 0.892 bits per heavy atom. The number of aromatic amines is 2. The lowest BCUT2D eigenvalue weighted by Crippen LogP contribution is -2.11.